The Labute approximate surface area is 132 Å². The van der Waals surface area contributed by atoms with Crippen LogP contribution in [0.5, 0.6) is 0 Å². The monoisotopic (exact) mass is 312 g/mol. The fourth-order valence-corrected chi connectivity index (χ4v) is 3.78. The van der Waals surface area contributed by atoms with E-state index >= 15 is 0 Å². The van der Waals surface area contributed by atoms with E-state index in [4.69, 9.17) is 17.4 Å². The van der Waals surface area contributed by atoms with E-state index in [9.17, 15) is 4.39 Å². The summed E-state index contributed by atoms with van der Waals surface area (Å²) >= 11 is 5.96. The van der Waals surface area contributed by atoms with Gasteiger partial charge in [0, 0.05) is 11.1 Å². The first-order valence-electron chi connectivity index (χ1n) is 8.04. The van der Waals surface area contributed by atoms with Crippen LogP contribution in [0.4, 0.5) is 4.39 Å². The predicted octanol–water partition coefficient (Wildman–Crippen LogP) is 4.46. The Morgan fingerprint density at radius 2 is 2.05 bits per heavy atom. The summed E-state index contributed by atoms with van der Waals surface area (Å²) in [5.41, 5.74) is 3.56. The number of rotatable bonds is 6. The summed E-state index contributed by atoms with van der Waals surface area (Å²) in [7, 11) is 0. The molecule has 118 valence electrons. The maximum absolute atomic E-state index is 13.9. The highest BCUT2D eigenvalue weighted by molar-refractivity contribution is 6.30. The molecule has 0 saturated heterocycles. The molecular formula is C17H26ClFN2. The molecule has 1 fully saturated rings. The van der Waals surface area contributed by atoms with Crippen LogP contribution in [0.2, 0.25) is 5.02 Å². The van der Waals surface area contributed by atoms with Crippen molar-refractivity contribution in [3.8, 4) is 0 Å². The molecule has 2 rings (SSSR count). The molecule has 1 aromatic rings. The SMILES string of the molecule is CCCC1CCC(C(Cc2cc(Cl)ccc2F)NN)CC1. The highest BCUT2D eigenvalue weighted by atomic mass is 35.5. The second kappa shape index (κ2) is 8.11. The quantitative estimate of drug-likeness (QED) is 0.601. The van der Waals surface area contributed by atoms with Crippen LogP contribution in [0.15, 0.2) is 18.2 Å². The Morgan fingerprint density at radius 1 is 1.33 bits per heavy atom. The van der Waals surface area contributed by atoms with Gasteiger partial charge in [0.25, 0.3) is 0 Å². The van der Waals surface area contributed by atoms with Crippen LogP contribution in [0.3, 0.4) is 0 Å². The van der Waals surface area contributed by atoms with E-state index in [-0.39, 0.29) is 11.9 Å². The molecule has 1 unspecified atom stereocenters. The minimum Gasteiger partial charge on any atom is -0.271 e. The minimum atomic E-state index is -0.195. The van der Waals surface area contributed by atoms with Crippen LogP contribution in [-0.4, -0.2) is 6.04 Å². The van der Waals surface area contributed by atoms with Crippen molar-refractivity contribution in [2.75, 3.05) is 0 Å². The average molecular weight is 313 g/mol. The molecule has 1 aromatic carbocycles. The van der Waals surface area contributed by atoms with Crippen molar-refractivity contribution in [3.05, 3.63) is 34.6 Å². The molecule has 0 spiro atoms. The van der Waals surface area contributed by atoms with E-state index in [2.05, 4.69) is 12.3 Å². The summed E-state index contributed by atoms with van der Waals surface area (Å²) in [4.78, 5) is 0. The van der Waals surface area contributed by atoms with Gasteiger partial charge >= 0.3 is 0 Å². The Bertz CT molecular complexity index is 444. The summed E-state index contributed by atoms with van der Waals surface area (Å²) in [6.07, 6.45) is 8.11. The number of hydrogen-bond acceptors (Lipinski definition) is 2. The molecule has 1 aliphatic rings. The smallest absolute Gasteiger partial charge is 0.126 e. The largest absolute Gasteiger partial charge is 0.271 e. The minimum absolute atomic E-state index is 0.126. The molecule has 0 heterocycles. The predicted molar refractivity (Wildman–Crippen MR) is 86.6 cm³/mol. The lowest BCUT2D eigenvalue weighted by Crippen LogP contribution is -2.43. The Morgan fingerprint density at radius 3 is 2.67 bits per heavy atom. The molecule has 0 radical (unpaired) electrons. The highest BCUT2D eigenvalue weighted by Crippen LogP contribution is 2.34. The standard InChI is InChI=1S/C17H26ClFN2/c1-2-3-12-4-6-13(7-5-12)17(21-20)11-14-10-15(18)8-9-16(14)19/h8-10,12-13,17,21H,2-7,11,20H2,1H3. The molecule has 3 N–H and O–H groups in total. The Balaban J connectivity index is 1.96. The first kappa shape index (κ1) is 16.7. The van der Waals surface area contributed by atoms with E-state index in [1.165, 1.54) is 44.6 Å². The topological polar surface area (TPSA) is 38.0 Å². The van der Waals surface area contributed by atoms with Crippen LogP contribution in [0.1, 0.15) is 51.0 Å². The van der Waals surface area contributed by atoms with Crippen LogP contribution in [-0.2, 0) is 6.42 Å². The lowest BCUT2D eigenvalue weighted by molar-refractivity contribution is 0.212. The lowest BCUT2D eigenvalue weighted by atomic mass is 9.76. The molecule has 0 aromatic heterocycles. The summed E-state index contributed by atoms with van der Waals surface area (Å²) < 4.78 is 13.9. The third-order valence-electron chi connectivity index (χ3n) is 4.82. The zero-order valence-electron chi connectivity index (χ0n) is 12.7. The first-order chi connectivity index (χ1) is 10.1. The second-order valence-corrected chi connectivity index (χ2v) is 6.72. The number of halogens is 2. The van der Waals surface area contributed by atoms with Gasteiger partial charge in [0.1, 0.15) is 5.82 Å². The van der Waals surface area contributed by atoms with Gasteiger partial charge in [-0.25, -0.2) is 4.39 Å². The Hall–Kier alpha value is -0.640. The van der Waals surface area contributed by atoms with Crippen molar-refractivity contribution in [2.45, 2.75) is 57.9 Å². The lowest BCUT2D eigenvalue weighted by Gasteiger charge is -2.33. The molecule has 1 atom stereocenters. The Kier molecular flexibility index (Phi) is 6.46. The van der Waals surface area contributed by atoms with Gasteiger partial charge in [-0.15, -0.1) is 0 Å². The van der Waals surface area contributed by atoms with Gasteiger partial charge in [-0.1, -0.05) is 44.2 Å². The number of hydrogen-bond donors (Lipinski definition) is 2. The summed E-state index contributed by atoms with van der Waals surface area (Å²) in [5, 5.41) is 0.578. The van der Waals surface area contributed by atoms with Gasteiger partial charge in [-0.05, 0) is 54.9 Å². The molecule has 21 heavy (non-hydrogen) atoms. The highest BCUT2D eigenvalue weighted by Gasteiger charge is 2.27. The molecule has 0 aliphatic heterocycles. The van der Waals surface area contributed by atoms with Gasteiger partial charge in [-0.2, -0.15) is 0 Å². The average Bonchev–Trinajstić information content (AvgIpc) is 2.49. The van der Waals surface area contributed by atoms with E-state index in [1.807, 2.05) is 0 Å². The van der Waals surface area contributed by atoms with E-state index in [0.717, 1.165) is 5.92 Å². The zero-order chi connectivity index (χ0) is 15.2. The fraction of sp³-hybridized carbons (Fsp3) is 0.647. The summed E-state index contributed by atoms with van der Waals surface area (Å²) in [6, 6.07) is 4.86. The van der Waals surface area contributed by atoms with Gasteiger partial charge in [-0.3, -0.25) is 11.3 Å². The van der Waals surface area contributed by atoms with Crippen molar-refractivity contribution in [3.63, 3.8) is 0 Å². The maximum Gasteiger partial charge on any atom is 0.126 e. The molecule has 1 saturated carbocycles. The van der Waals surface area contributed by atoms with E-state index < -0.39 is 0 Å². The number of nitrogens with one attached hydrogen (secondary N) is 1. The summed E-state index contributed by atoms with van der Waals surface area (Å²) in [6.45, 7) is 2.25. The molecular weight excluding hydrogens is 287 g/mol. The molecule has 4 heteroatoms. The van der Waals surface area contributed by atoms with Gasteiger partial charge in [0.15, 0.2) is 0 Å². The number of benzene rings is 1. The molecule has 2 nitrogen and oxygen atoms in total. The van der Waals surface area contributed by atoms with Gasteiger partial charge < -0.3 is 0 Å². The van der Waals surface area contributed by atoms with Crippen LogP contribution in [0.25, 0.3) is 0 Å². The van der Waals surface area contributed by atoms with Crippen LogP contribution in [0, 0.1) is 17.7 Å². The van der Waals surface area contributed by atoms with E-state index in [1.54, 1.807) is 12.1 Å². The normalized spacial score (nSPS) is 24.0. The zero-order valence-corrected chi connectivity index (χ0v) is 13.5. The van der Waals surface area contributed by atoms with Gasteiger partial charge in [0.05, 0.1) is 0 Å². The van der Waals surface area contributed by atoms with Crippen molar-refractivity contribution >= 4 is 11.6 Å². The van der Waals surface area contributed by atoms with Crippen LogP contribution < -0.4 is 11.3 Å². The van der Waals surface area contributed by atoms with Crippen molar-refractivity contribution in [1.82, 2.24) is 5.43 Å². The maximum atomic E-state index is 13.9. The number of hydrazine groups is 1. The van der Waals surface area contributed by atoms with Gasteiger partial charge in [0.2, 0.25) is 0 Å². The molecule has 0 bridgehead atoms. The number of nitrogens with two attached hydrogens (primary N) is 1. The molecule has 0 amide bonds. The van der Waals surface area contributed by atoms with Crippen LogP contribution >= 0.6 is 11.6 Å². The third kappa shape index (κ3) is 4.67. The summed E-state index contributed by atoms with van der Waals surface area (Å²) in [5.74, 6) is 6.93. The van der Waals surface area contributed by atoms with Crippen molar-refractivity contribution in [2.24, 2.45) is 17.7 Å². The second-order valence-electron chi connectivity index (χ2n) is 6.28. The molecule has 1 aliphatic carbocycles. The van der Waals surface area contributed by atoms with Crippen molar-refractivity contribution < 1.29 is 4.39 Å². The third-order valence-corrected chi connectivity index (χ3v) is 5.05. The fourth-order valence-electron chi connectivity index (χ4n) is 3.59. The van der Waals surface area contributed by atoms with E-state index in [0.29, 0.717) is 22.9 Å². The first-order valence-corrected chi connectivity index (χ1v) is 8.41. The van der Waals surface area contributed by atoms with Crippen molar-refractivity contribution in [1.29, 1.82) is 0 Å².